The minimum absolute atomic E-state index is 0.140. The molecule has 1 fully saturated rings. The van der Waals surface area contributed by atoms with Crippen LogP contribution in [0.2, 0.25) is 0 Å². The van der Waals surface area contributed by atoms with Crippen LogP contribution in [0.3, 0.4) is 0 Å². The maximum Gasteiger partial charge on any atom is 0.255 e. The van der Waals surface area contributed by atoms with E-state index >= 15 is 0 Å². The van der Waals surface area contributed by atoms with Crippen molar-refractivity contribution in [3.63, 3.8) is 0 Å². The maximum atomic E-state index is 12.9. The summed E-state index contributed by atoms with van der Waals surface area (Å²) in [4.78, 5) is 15.6. The van der Waals surface area contributed by atoms with Gasteiger partial charge < -0.3 is 9.64 Å². The minimum atomic E-state index is -3.66. The van der Waals surface area contributed by atoms with Gasteiger partial charge in [0.15, 0.2) is 0 Å². The SMILES string of the molecule is CCCC[C@H](CC)CNS(=O)(=O)c1ccc(SC)c(C(=O)N2CCOCC2)c1. The molecule has 6 nitrogen and oxygen atoms in total. The van der Waals surface area contributed by atoms with Crippen molar-refractivity contribution in [2.75, 3.05) is 39.1 Å². The van der Waals surface area contributed by atoms with Crippen LogP contribution in [0.5, 0.6) is 0 Å². The first-order valence-corrected chi connectivity index (χ1v) is 12.7. The first kappa shape index (κ1) is 23.2. The zero-order valence-electron chi connectivity index (χ0n) is 17.1. The number of amides is 1. The van der Waals surface area contributed by atoms with Crippen LogP contribution in [-0.2, 0) is 14.8 Å². The highest BCUT2D eigenvalue weighted by atomic mass is 32.2. The second-order valence-corrected chi connectivity index (χ2v) is 9.65. The van der Waals surface area contributed by atoms with Gasteiger partial charge in [-0.05, 0) is 36.8 Å². The molecule has 1 aliphatic rings. The molecule has 8 heteroatoms. The van der Waals surface area contributed by atoms with E-state index in [1.807, 2.05) is 6.26 Å². The number of carbonyl (C=O) groups excluding carboxylic acids is 1. The average Bonchev–Trinajstić information content (AvgIpc) is 2.73. The predicted molar refractivity (Wildman–Crippen MR) is 113 cm³/mol. The van der Waals surface area contributed by atoms with Crippen molar-refractivity contribution in [3.05, 3.63) is 23.8 Å². The summed E-state index contributed by atoms with van der Waals surface area (Å²) < 4.78 is 33.7. The number of hydrogen-bond donors (Lipinski definition) is 1. The highest BCUT2D eigenvalue weighted by molar-refractivity contribution is 7.98. The smallest absolute Gasteiger partial charge is 0.255 e. The standard InChI is InChI=1S/C20H32N2O4S2/c1-4-6-7-16(5-2)15-21-28(24,25)17-8-9-19(27-3)18(14-17)20(23)22-10-12-26-13-11-22/h8-9,14,16,21H,4-7,10-13,15H2,1-3H3/t16-/m0/s1. The van der Waals surface area contributed by atoms with Gasteiger partial charge in [0, 0.05) is 24.5 Å². The van der Waals surface area contributed by atoms with Gasteiger partial charge in [0.1, 0.15) is 0 Å². The first-order chi connectivity index (χ1) is 13.4. The fraction of sp³-hybridized carbons (Fsp3) is 0.650. The summed E-state index contributed by atoms with van der Waals surface area (Å²) in [5.74, 6) is 0.189. The molecule has 0 radical (unpaired) electrons. The Kier molecular flexibility index (Phi) is 9.27. The summed E-state index contributed by atoms with van der Waals surface area (Å²) in [6, 6.07) is 4.82. The molecule has 1 aromatic rings. The van der Waals surface area contributed by atoms with Gasteiger partial charge in [-0.25, -0.2) is 13.1 Å². The van der Waals surface area contributed by atoms with E-state index in [1.165, 1.54) is 17.8 Å². The monoisotopic (exact) mass is 428 g/mol. The van der Waals surface area contributed by atoms with Crippen LogP contribution in [0, 0.1) is 5.92 Å². The quantitative estimate of drug-likeness (QED) is 0.578. The molecule has 0 unspecified atom stereocenters. The highest BCUT2D eigenvalue weighted by Gasteiger charge is 2.24. The second-order valence-electron chi connectivity index (χ2n) is 7.04. The molecule has 0 spiro atoms. The lowest BCUT2D eigenvalue weighted by Crippen LogP contribution is -2.41. The van der Waals surface area contributed by atoms with Crippen molar-refractivity contribution >= 4 is 27.7 Å². The van der Waals surface area contributed by atoms with Crippen LogP contribution in [0.4, 0.5) is 0 Å². The Morgan fingerprint density at radius 3 is 2.61 bits per heavy atom. The molecular formula is C20H32N2O4S2. The third kappa shape index (κ3) is 6.20. The normalized spacial score (nSPS) is 16.2. The van der Waals surface area contributed by atoms with Crippen LogP contribution >= 0.6 is 11.8 Å². The topological polar surface area (TPSA) is 75.7 Å². The molecular weight excluding hydrogens is 396 g/mol. The number of nitrogens with zero attached hydrogens (tertiary/aromatic N) is 1. The highest BCUT2D eigenvalue weighted by Crippen LogP contribution is 2.25. The molecule has 1 amide bonds. The van der Waals surface area contributed by atoms with Gasteiger partial charge in [0.25, 0.3) is 5.91 Å². The van der Waals surface area contributed by atoms with Crippen molar-refractivity contribution in [3.8, 4) is 0 Å². The van der Waals surface area contributed by atoms with Gasteiger partial charge in [-0.1, -0.05) is 33.1 Å². The lowest BCUT2D eigenvalue weighted by Gasteiger charge is -2.27. The van der Waals surface area contributed by atoms with Crippen LogP contribution in [-0.4, -0.2) is 58.3 Å². The molecule has 1 N–H and O–H groups in total. The molecule has 0 bridgehead atoms. The first-order valence-electron chi connectivity index (χ1n) is 9.97. The Balaban J connectivity index is 2.19. The van der Waals surface area contributed by atoms with Gasteiger partial charge in [-0.2, -0.15) is 0 Å². The van der Waals surface area contributed by atoms with E-state index in [2.05, 4.69) is 18.6 Å². The number of benzene rings is 1. The number of ether oxygens (including phenoxy) is 1. The number of thioether (sulfide) groups is 1. The molecule has 1 heterocycles. The summed E-state index contributed by atoms with van der Waals surface area (Å²) in [6.07, 6.45) is 6.04. The number of sulfonamides is 1. The number of carbonyl (C=O) groups is 1. The van der Waals surface area contributed by atoms with Gasteiger partial charge >= 0.3 is 0 Å². The molecule has 1 saturated heterocycles. The minimum Gasteiger partial charge on any atom is -0.378 e. The molecule has 1 aliphatic heterocycles. The largest absolute Gasteiger partial charge is 0.378 e. The predicted octanol–water partition coefficient (Wildman–Crippen LogP) is 3.38. The van der Waals surface area contributed by atoms with Gasteiger partial charge in [-0.3, -0.25) is 4.79 Å². The zero-order chi connectivity index (χ0) is 20.6. The van der Waals surface area contributed by atoms with Gasteiger partial charge in [0.05, 0.1) is 23.7 Å². The van der Waals surface area contributed by atoms with Crippen molar-refractivity contribution in [2.24, 2.45) is 5.92 Å². The summed E-state index contributed by atoms with van der Waals surface area (Å²) in [5, 5.41) is 0. The van der Waals surface area contributed by atoms with Crippen LogP contribution in [0.25, 0.3) is 0 Å². The number of rotatable bonds is 10. The van der Waals surface area contributed by atoms with E-state index in [0.717, 1.165) is 30.6 Å². The average molecular weight is 429 g/mol. The summed E-state index contributed by atoms with van der Waals surface area (Å²) in [6.45, 7) is 6.72. The van der Waals surface area contributed by atoms with E-state index in [4.69, 9.17) is 4.74 Å². The number of morpholine rings is 1. The van der Waals surface area contributed by atoms with Crippen LogP contribution < -0.4 is 4.72 Å². The second kappa shape index (κ2) is 11.2. The summed E-state index contributed by atoms with van der Waals surface area (Å²) >= 11 is 1.44. The van der Waals surface area contributed by atoms with Crippen molar-refractivity contribution in [2.45, 2.75) is 49.3 Å². The van der Waals surface area contributed by atoms with E-state index < -0.39 is 10.0 Å². The van der Waals surface area contributed by atoms with E-state index in [9.17, 15) is 13.2 Å². The number of nitrogens with one attached hydrogen (secondary N) is 1. The fourth-order valence-corrected chi connectivity index (χ4v) is 4.92. The summed E-state index contributed by atoms with van der Waals surface area (Å²) in [7, 11) is -3.66. The Labute approximate surface area is 173 Å². The molecule has 28 heavy (non-hydrogen) atoms. The van der Waals surface area contributed by atoms with Gasteiger partial charge in [-0.15, -0.1) is 11.8 Å². The lowest BCUT2D eigenvalue weighted by atomic mass is 10.00. The van der Waals surface area contributed by atoms with Crippen molar-refractivity contribution in [1.29, 1.82) is 0 Å². The third-order valence-electron chi connectivity index (χ3n) is 5.12. The van der Waals surface area contributed by atoms with Crippen molar-refractivity contribution < 1.29 is 17.9 Å². The molecule has 0 aromatic heterocycles. The van der Waals surface area contributed by atoms with Crippen molar-refractivity contribution in [1.82, 2.24) is 9.62 Å². The molecule has 0 saturated carbocycles. The van der Waals surface area contributed by atoms with Crippen LogP contribution in [0.1, 0.15) is 49.9 Å². The van der Waals surface area contributed by atoms with E-state index in [0.29, 0.717) is 44.3 Å². The zero-order valence-corrected chi connectivity index (χ0v) is 18.7. The molecule has 0 aliphatic carbocycles. The number of unbranched alkanes of at least 4 members (excludes halogenated alkanes) is 1. The van der Waals surface area contributed by atoms with Gasteiger partial charge in [0.2, 0.25) is 10.0 Å². The Hall–Kier alpha value is -1.09. The van der Waals surface area contributed by atoms with Crippen LogP contribution in [0.15, 0.2) is 28.0 Å². The molecule has 1 aromatic carbocycles. The van der Waals surface area contributed by atoms with E-state index in [-0.39, 0.29) is 10.8 Å². The number of hydrogen-bond acceptors (Lipinski definition) is 5. The van der Waals surface area contributed by atoms with E-state index in [1.54, 1.807) is 17.0 Å². The fourth-order valence-electron chi connectivity index (χ4n) is 3.21. The Morgan fingerprint density at radius 2 is 2.00 bits per heavy atom. The Bertz CT molecular complexity index is 747. The Morgan fingerprint density at radius 1 is 1.29 bits per heavy atom. The maximum absolute atomic E-state index is 12.9. The summed E-state index contributed by atoms with van der Waals surface area (Å²) in [5.41, 5.74) is 0.440. The third-order valence-corrected chi connectivity index (χ3v) is 7.33. The molecule has 2 rings (SSSR count). The lowest BCUT2D eigenvalue weighted by molar-refractivity contribution is 0.0300. The molecule has 1 atom stereocenters. The molecule has 158 valence electrons.